The van der Waals surface area contributed by atoms with Gasteiger partial charge in [-0.3, -0.25) is 20.2 Å². The standard InChI is InChI=1S/C10H12BrN3O4S/c11-9-2-1-7(14(17)18)5-8(9)10(6-13(15)16)19-4-3-12/h1-2,5,10H,3-4,6,12H2. The minimum absolute atomic E-state index is 0.0834. The number of nitrogens with two attached hydrogens (primary N) is 1. The number of halogens is 1. The molecule has 0 bridgehead atoms. The summed E-state index contributed by atoms with van der Waals surface area (Å²) in [5.74, 6) is 0.549. The Morgan fingerprint density at radius 1 is 1.37 bits per heavy atom. The van der Waals surface area contributed by atoms with Crippen molar-refractivity contribution in [3.63, 3.8) is 0 Å². The summed E-state index contributed by atoms with van der Waals surface area (Å²) in [4.78, 5) is 20.5. The average molecular weight is 350 g/mol. The van der Waals surface area contributed by atoms with E-state index < -0.39 is 15.1 Å². The van der Waals surface area contributed by atoms with Crippen LogP contribution in [0.15, 0.2) is 22.7 Å². The minimum atomic E-state index is -0.521. The lowest BCUT2D eigenvalue weighted by Gasteiger charge is -2.14. The number of nitro groups is 2. The van der Waals surface area contributed by atoms with Crippen LogP contribution in [-0.2, 0) is 0 Å². The molecule has 0 amide bonds. The van der Waals surface area contributed by atoms with Crippen LogP contribution in [0.5, 0.6) is 0 Å². The second-order valence-corrected chi connectivity index (χ2v) is 5.79. The first-order chi connectivity index (χ1) is 8.95. The van der Waals surface area contributed by atoms with E-state index in [1.54, 1.807) is 0 Å². The van der Waals surface area contributed by atoms with Crippen LogP contribution in [0.4, 0.5) is 5.69 Å². The summed E-state index contributed by atoms with van der Waals surface area (Å²) in [6, 6.07) is 4.25. The van der Waals surface area contributed by atoms with Gasteiger partial charge in [-0.25, -0.2) is 0 Å². The molecule has 0 spiro atoms. The topological polar surface area (TPSA) is 112 Å². The van der Waals surface area contributed by atoms with Crippen molar-refractivity contribution in [2.45, 2.75) is 5.25 Å². The second-order valence-electron chi connectivity index (χ2n) is 3.63. The maximum absolute atomic E-state index is 10.8. The maximum Gasteiger partial charge on any atom is 0.269 e. The third-order valence-electron chi connectivity index (χ3n) is 2.29. The highest BCUT2D eigenvalue weighted by Crippen LogP contribution is 2.35. The molecule has 7 nitrogen and oxygen atoms in total. The highest BCUT2D eigenvalue weighted by Gasteiger charge is 2.23. The van der Waals surface area contributed by atoms with E-state index in [-0.39, 0.29) is 12.2 Å². The Labute approximate surface area is 122 Å². The van der Waals surface area contributed by atoms with E-state index in [1.165, 1.54) is 30.0 Å². The molecule has 1 aromatic carbocycles. The molecule has 0 saturated carbocycles. The molecule has 0 aromatic heterocycles. The van der Waals surface area contributed by atoms with E-state index in [0.29, 0.717) is 22.3 Å². The number of nitrogens with zero attached hydrogens (tertiary/aromatic N) is 2. The van der Waals surface area contributed by atoms with Gasteiger partial charge in [0, 0.05) is 33.8 Å². The van der Waals surface area contributed by atoms with Crippen molar-refractivity contribution >= 4 is 33.4 Å². The molecular formula is C10H12BrN3O4S. The fraction of sp³-hybridized carbons (Fsp3) is 0.400. The van der Waals surface area contributed by atoms with Crippen LogP contribution < -0.4 is 5.73 Å². The van der Waals surface area contributed by atoms with Gasteiger partial charge in [0.05, 0.1) is 10.2 Å². The van der Waals surface area contributed by atoms with E-state index in [4.69, 9.17) is 5.73 Å². The van der Waals surface area contributed by atoms with E-state index in [0.717, 1.165) is 0 Å². The lowest BCUT2D eigenvalue weighted by molar-refractivity contribution is -0.479. The Morgan fingerprint density at radius 2 is 2.05 bits per heavy atom. The van der Waals surface area contributed by atoms with Crippen molar-refractivity contribution in [3.05, 3.63) is 48.5 Å². The molecule has 1 rings (SSSR count). The minimum Gasteiger partial charge on any atom is -0.330 e. The number of rotatable bonds is 7. The first kappa shape index (κ1) is 15.9. The molecule has 1 aromatic rings. The first-order valence-electron chi connectivity index (χ1n) is 5.33. The van der Waals surface area contributed by atoms with Crippen LogP contribution in [0.3, 0.4) is 0 Å². The Balaban J connectivity index is 3.08. The number of non-ortho nitro benzene ring substituents is 1. The highest BCUT2D eigenvalue weighted by atomic mass is 79.9. The van der Waals surface area contributed by atoms with Crippen molar-refractivity contribution in [1.82, 2.24) is 0 Å². The van der Waals surface area contributed by atoms with Crippen LogP contribution in [0.1, 0.15) is 10.8 Å². The van der Waals surface area contributed by atoms with Crippen LogP contribution >= 0.6 is 27.7 Å². The molecule has 0 saturated heterocycles. The quantitative estimate of drug-likeness (QED) is 0.597. The molecule has 2 N–H and O–H groups in total. The zero-order chi connectivity index (χ0) is 14.4. The summed E-state index contributed by atoms with van der Waals surface area (Å²) in [5.41, 5.74) is 5.85. The number of nitro benzene ring substituents is 1. The van der Waals surface area contributed by atoms with Gasteiger partial charge in [-0.15, -0.1) is 11.8 Å². The molecule has 0 aliphatic heterocycles. The first-order valence-corrected chi connectivity index (χ1v) is 7.17. The largest absolute Gasteiger partial charge is 0.330 e. The SMILES string of the molecule is NCCSC(C[N+](=O)[O-])c1cc([N+](=O)[O-])ccc1Br. The van der Waals surface area contributed by atoms with Crippen LogP contribution in [-0.4, -0.2) is 28.7 Å². The van der Waals surface area contributed by atoms with Gasteiger partial charge in [0.15, 0.2) is 0 Å². The van der Waals surface area contributed by atoms with E-state index in [2.05, 4.69) is 15.9 Å². The van der Waals surface area contributed by atoms with Gasteiger partial charge in [-0.05, 0) is 11.6 Å². The third-order valence-corrected chi connectivity index (χ3v) is 4.29. The highest BCUT2D eigenvalue weighted by molar-refractivity contribution is 9.10. The van der Waals surface area contributed by atoms with Crippen LogP contribution in [0.25, 0.3) is 0 Å². The van der Waals surface area contributed by atoms with Gasteiger partial charge in [0.1, 0.15) is 0 Å². The molecule has 9 heteroatoms. The molecule has 104 valence electrons. The Hall–Kier alpha value is -1.19. The summed E-state index contributed by atoms with van der Waals surface area (Å²) < 4.78 is 0.620. The summed E-state index contributed by atoms with van der Waals surface area (Å²) in [5, 5.41) is 21.0. The van der Waals surface area contributed by atoms with Crippen molar-refractivity contribution in [2.75, 3.05) is 18.8 Å². The van der Waals surface area contributed by atoms with Gasteiger partial charge in [0.25, 0.3) is 5.69 Å². The van der Waals surface area contributed by atoms with E-state index >= 15 is 0 Å². The second kappa shape index (κ2) is 7.41. The van der Waals surface area contributed by atoms with Crippen molar-refractivity contribution in [1.29, 1.82) is 0 Å². The smallest absolute Gasteiger partial charge is 0.269 e. The normalized spacial score (nSPS) is 12.1. The summed E-state index contributed by atoms with van der Waals surface area (Å²) in [6.45, 7) is 0.0931. The molecule has 0 heterocycles. The zero-order valence-electron chi connectivity index (χ0n) is 9.82. The molecule has 0 aliphatic rings. The lowest BCUT2D eigenvalue weighted by Crippen LogP contribution is -2.13. The predicted octanol–water partition coefficient (Wildman–Crippen LogP) is 2.37. The Bertz CT molecular complexity index is 486. The Kier molecular flexibility index (Phi) is 6.19. The van der Waals surface area contributed by atoms with Crippen molar-refractivity contribution in [2.24, 2.45) is 5.73 Å². The van der Waals surface area contributed by atoms with Crippen molar-refractivity contribution < 1.29 is 9.85 Å². The van der Waals surface area contributed by atoms with Gasteiger partial charge in [-0.1, -0.05) is 15.9 Å². The lowest BCUT2D eigenvalue weighted by atomic mass is 10.1. The number of benzene rings is 1. The van der Waals surface area contributed by atoms with Gasteiger partial charge in [0.2, 0.25) is 6.54 Å². The third kappa shape index (κ3) is 4.77. The molecule has 1 atom stereocenters. The zero-order valence-corrected chi connectivity index (χ0v) is 12.2. The van der Waals surface area contributed by atoms with Gasteiger partial charge < -0.3 is 5.73 Å². The van der Waals surface area contributed by atoms with Gasteiger partial charge >= 0.3 is 0 Å². The molecule has 0 fully saturated rings. The monoisotopic (exact) mass is 349 g/mol. The molecule has 0 aliphatic carbocycles. The fourth-order valence-corrected chi connectivity index (χ4v) is 3.17. The van der Waals surface area contributed by atoms with Gasteiger partial charge in [-0.2, -0.15) is 0 Å². The van der Waals surface area contributed by atoms with E-state index in [1.807, 2.05) is 0 Å². The van der Waals surface area contributed by atoms with Crippen LogP contribution in [0.2, 0.25) is 0 Å². The molecular weight excluding hydrogens is 338 g/mol. The molecule has 0 radical (unpaired) electrons. The summed E-state index contributed by atoms with van der Waals surface area (Å²) >= 11 is 4.59. The number of hydrogen-bond acceptors (Lipinski definition) is 6. The number of hydrogen-bond donors (Lipinski definition) is 1. The fourth-order valence-electron chi connectivity index (χ4n) is 1.48. The molecule has 19 heavy (non-hydrogen) atoms. The maximum atomic E-state index is 10.8. The van der Waals surface area contributed by atoms with E-state index in [9.17, 15) is 20.2 Å². The summed E-state index contributed by atoms with van der Waals surface area (Å²) in [7, 11) is 0. The summed E-state index contributed by atoms with van der Waals surface area (Å²) in [6.07, 6.45) is 0. The number of thioether (sulfide) groups is 1. The predicted molar refractivity (Wildman–Crippen MR) is 76.9 cm³/mol. The Morgan fingerprint density at radius 3 is 2.58 bits per heavy atom. The molecule has 1 unspecified atom stereocenters. The van der Waals surface area contributed by atoms with Crippen LogP contribution in [0, 0.1) is 20.2 Å². The van der Waals surface area contributed by atoms with Crippen molar-refractivity contribution in [3.8, 4) is 0 Å². The average Bonchev–Trinajstić information content (AvgIpc) is 2.34.